The van der Waals surface area contributed by atoms with Crippen molar-refractivity contribution in [1.29, 1.82) is 0 Å². The van der Waals surface area contributed by atoms with Gasteiger partial charge in [0.15, 0.2) is 19.7 Å². The van der Waals surface area contributed by atoms with E-state index in [-0.39, 0.29) is 21.9 Å². The monoisotopic (exact) mass is 633 g/mol. The van der Waals surface area contributed by atoms with E-state index in [4.69, 9.17) is 18.6 Å². The summed E-state index contributed by atoms with van der Waals surface area (Å²) >= 11 is 0. The number of hydrogen-bond acceptors (Lipinski definition) is 12. The van der Waals surface area contributed by atoms with Crippen molar-refractivity contribution in [3.8, 4) is 0 Å². The van der Waals surface area contributed by atoms with Crippen LogP contribution in [0.2, 0.25) is 18.1 Å². The predicted octanol–water partition coefficient (Wildman–Crippen LogP) is 6.64. The lowest BCUT2D eigenvalue weighted by molar-refractivity contribution is 0.00631. The Bertz CT molecular complexity index is 1400. The molecule has 13 nitrogen and oxygen atoms in total. The molecule has 0 bridgehead atoms. The van der Waals surface area contributed by atoms with E-state index in [2.05, 4.69) is 40.7 Å². The van der Waals surface area contributed by atoms with Crippen molar-refractivity contribution in [2.75, 3.05) is 4.90 Å². The van der Waals surface area contributed by atoms with Crippen LogP contribution in [0, 0.1) is 0 Å². The number of anilines is 1. The highest BCUT2D eigenvalue weighted by molar-refractivity contribution is 6.74. The minimum absolute atomic E-state index is 0.0824. The summed E-state index contributed by atoms with van der Waals surface area (Å²) in [5.41, 5.74) is -3.79. The number of carbonyl (C=O) groups is 4. The van der Waals surface area contributed by atoms with Crippen LogP contribution in [0.1, 0.15) is 111 Å². The molecule has 2 heterocycles. The van der Waals surface area contributed by atoms with E-state index in [1.54, 1.807) is 69.2 Å². The summed E-state index contributed by atoms with van der Waals surface area (Å²) in [6.07, 6.45) is -1.94. The average Bonchev–Trinajstić information content (AvgIpc) is 2.78. The first-order chi connectivity index (χ1) is 19.6. The number of Topliss-reactive ketones (excluding diaryl/α,β-unsaturated/α-hetero) is 1. The van der Waals surface area contributed by atoms with Gasteiger partial charge in [0.1, 0.15) is 34.1 Å². The molecule has 0 aliphatic heterocycles. The van der Waals surface area contributed by atoms with E-state index in [0.29, 0.717) is 4.90 Å². The van der Waals surface area contributed by atoms with E-state index >= 15 is 0 Å². The normalized spacial score (nSPS) is 13.7. The van der Waals surface area contributed by atoms with E-state index < -0.39 is 66.8 Å². The van der Waals surface area contributed by atoms with Crippen LogP contribution in [0.5, 0.6) is 0 Å². The number of aromatic nitrogens is 4. The van der Waals surface area contributed by atoms with Crippen LogP contribution in [0.15, 0.2) is 6.20 Å². The second kappa shape index (κ2) is 12.5. The first-order valence-corrected chi connectivity index (χ1v) is 17.3. The van der Waals surface area contributed by atoms with Gasteiger partial charge >= 0.3 is 18.2 Å². The highest BCUT2D eigenvalue weighted by Gasteiger charge is 2.40. The van der Waals surface area contributed by atoms with Crippen LogP contribution in [-0.2, 0) is 18.6 Å². The van der Waals surface area contributed by atoms with Gasteiger partial charge in [-0.1, -0.05) is 20.8 Å². The van der Waals surface area contributed by atoms with Crippen LogP contribution in [0.25, 0.3) is 11.2 Å². The molecule has 244 valence electrons. The van der Waals surface area contributed by atoms with Gasteiger partial charge in [-0.15, -0.1) is 4.90 Å². The molecule has 0 N–H and O–H groups in total. The van der Waals surface area contributed by atoms with Crippen LogP contribution >= 0.6 is 0 Å². The molecule has 0 spiro atoms. The van der Waals surface area contributed by atoms with Crippen molar-refractivity contribution in [3.05, 3.63) is 17.6 Å². The SMILES string of the molecule is C[C@H](O[Si](C)(C)C(C)(C)C)C(=O)c1cnc2nc(N(C(=O)OC(C)(C)C)C(=O)OC(C)(C)C)nc(C(=O)OC(C)(C)C)c2n1. The maximum Gasteiger partial charge on any atom is 0.427 e. The second-order valence-corrected chi connectivity index (χ2v) is 19.7. The lowest BCUT2D eigenvalue weighted by atomic mass is 10.2. The summed E-state index contributed by atoms with van der Waals surface area (Å²) in [6.45, 7) is 26.5. The van der Waals surface area contributed by atoms with E-state index in [1.807, 2.05) is 13.1 Å². The molecule has 2 aromatic rings. The molecule has 14 heteroatoms. The number of esters is 1. The first-order valence-electron chi connectivity index (χ1n) is 14.4. The summed E-state index contributed by atoms with van der Waals surface area (Å²) in [5, 5.41) is -0.140. The summed E-state index contributed by atoms with van der Waals surface area (Å²) < 4.78 is 22.6. The Morgan fingerprint density at radius 2 is 1.23 bits per heavy atom. The Labute approximate surface area is 260 Å². The highest BCUT2D eigenvalue weighted by Crippen LogP contribution is 2.37. The number of amides is 2. The van der Waals surface area contributed by atoms with Crippen molar-refractivity contribution in [2.24, 2.45) is 0 Å². The molecule has 0 aromatic carbocycles. The number of nitrogens with zero attached hydrogens (tertiary/aromatic N) is 5. The zero-order chi connectivity index (χ0) is 34.2. The largest absolute Gasteiger partial charge is 0.455 e. The Morgan fingerprint density at radius 3 is 1.66 bits per heavy atom. The zero-order valence-electron chi connectivity index (χ0n) is 28.7. The molecule has 2 aromatic heterocycles. The Hall–Kier alpha value is -3.52. The number of ether oxygens (including phenoxy) is 3. The molecular formula is C30H47N5O8Si. The van der Waals surface area contributed by atoms with Gasteiger partial charge in [-0.2, -0.15) is 4.98 Å². The number of fused-ring (bicyclic) bond motifs is 1. The summed E-state index contributed by atoms with van der Waals surface area (Å²) in [4.78, 5) is 71.0. The number of hydrogen-bond donors (Lipinski definition) is 0. The van der Waals surface area contributed by atoms with Gasteiger partial charge < -0.3 is 18.6 Å². The van der Waals surface area contributed by atoms with Gasteiger partial charge in [0.05, 0.1) is 6.20 Å². The Kier molecular flexibility index (Phi) is 10.4. The maximum atomic E-state index is 13.4. The van der Waals surface area contributed by atoms with Gasteiger partial charge in [0.25, 0.3) is 0 Å². The first kappa shape index (κ1) is 36.7. The molecule has 0 unspecified atom stereocenters. The smallest absolute Gasteiger partial charge is 0.427 e. The summed E-state index contributed by atoms with van der Waals surface area (Å²) in [7, 11) is -2.31. The fourth-order valence-corrected chi connectivity index (χ4v) is 4.66. The minimum Gasteiger partial charge on any atom is -0.455 e. The number of rotatable bonds is 6. The van der Waals surface area contributed by atoms with Crippen LogP contribution in [0.3, 0.4) is 0 Å². The van der Waals surface area contributed by atoms with Crippen molar-refractivity contribution in [3.63, 3.8) is 0 Å². The number of carbonyl (C=O) groups excluding carboxylic acids is 4. The van der Waals surface area contributed by atoms with E-state index in [9.17, 15) is 19.2 Å². The Morgan fingerprint density at radius 1 is 0.750 bits per heavy atom. The summed E-state index contributed by atoms with van der Waals surface area (Å²) in [5.74, 6) is -1.94. The fraction of sp³-hybridized carbons (Fsp3) is 0.667. The third kappa shape index (κ3) is 9.74. The predicted molar refractivity (Wildman–Crippen MR) is 167 cm³/mol. The van der Waals surface area contributed by atoms with Crippen molar-refractivity contribution >= 4 is 49.4 Å². The average molecular weight is 634 g/mol. The third-order valence-electron chi connectivity index (χ3n) is 6.24. The van der Waals surface area contributed by atoms with Gasteiger partial charge in [-0.05, 0) is 87.4 Å². The highest BCUT2D eigenvalue weighted by atomic mass is 28.4. The third-order valence-corrected chi connectivity index (χ3v) is 10.8. The molecular weight excluding hydrogens is 586 g/mol. The van der Waals surface area contributed by atoms with Gasteiger partial charge in [0.2, 0.25) is 11.7 Å². The quantitative estimate of drug-likeness (QED) is 0.144. The molecule has 2 amide bonds. The molecule has 0 aliphatic carbocycles. The number of imide groups is 1. The van der Waals surface area contributed by atoms with Crippen molar-refractivity contribution < 1.29 is 37.8 Å². The van der Waals surface area contributed by atoms with Crippen molar-refractivity contribution in [1.82, 2.24) is 19.9 Å². The molecule has 44 heavy (non-hydrogen) atoms. The lowest BCUT2D eigenvalue weighted by Crippen LogP contribution is -2.45. The second-order valence-electron chi connectivity index (χ2n) is 15.0. The molecule has 2 rings (SSSR count). The molecule has 0 saturated heterocycles. The van der Waals surface area contributed by atoms with Gasteiger partial charge in [0, 0.05) is 0 Å². The molecule has 1 atom stereocenters. The van der Waals surface area contributed by atoms with Crippen LogP contribution in [-0.4, -0.2) is 75.1 Å². The Balaban J connectivity index is 2.77. The fourth-order valence-electron chi connectivity index (χ4n) is 3.32. The van der Waals surface area contributed by atoms with Gasteiger partial charge in [-0.3, -0.25) is 4.79 Å². The van der Waals surface area contributed by atoms with Crippen LogP contribution < -0.4 is 4.90 Å². The number of ketones is 1. The van der Waals surface area contributed by atoms with Crippen LogP contribution in [0.4, 0.5) is 15.5 Å². The molecule has 0 aliphatic rings. The standard InChI is InChI=1S/C30H47N5O8Si/c1-17(43-44(14,15)30(11,12)13)21(36)18-16-31-22-19(32-18)20(23(37)40-27(2,3)4)33-24(34-22)35(25(38)41-28(5,6)7)26(39)42-29(8,9)10/h16-17H,1-15H3/t17-/m0/s1. The molecule has 0 radical (unpaired) electrons. The minimum atomic E-state index is -2.31. The van der Waals surface area contributed by atoms with Gasteiger partial charge in [-0.25, -0.2) is 29.3 Å². The zero-order valence-corrected chi connectivity index (χ0v) is 29.7. The van der Waals surface area contributed by atoms with E-state index in [0.717, 1.165) is 0 Å². The topological polar surface area (TPSA) is 160 Å². The van der Waals surface area contributed by atoms with E-state index in [1.165, 1.54) is 6.20 Å². The maximum absolute atomic E-state index is 13.4. The lowest BCUT2D eigenvalue weighted by Gasteiger charge is -2.37. The molecule has 0 fully saturated rings. The summed E-state index contributed by atoms with van der Waals surface area (Å²) in [6, 6.07) is 0. The van der Waals surface area contributed by atoms with Crippen molar-refractivity contribution in [2.45, 2.75) is 131 Å². The molecule has 0 saturated carbocycles.